The molecule has 0 unspecified atom stereocenters. The molecule has 3 rings (SSSR count). The van der Waals surface area contributed by atoms with E-state index in [0.29, 0.717) is 16.8 Å². The van der Waals surface area contributed by atoms with Crippen LogP contribution in [0.3, 0.4) is 0 Å². The fourth-order valence-electron chi connectivity index (χ4n) is 2.75. The van der Waals surface area contributed by atoms with Crippen LogP contribution in [0.25, 0.3) is 21.9 Å². The van der Waals surface area contributed by atoms with Crippen molar-refractivity contribution >= 4 is 29.0 Å². The zero-order chi connectivity index (χ0) is 17.4. The maximum Gasteiger partial charge on any atom is 0.320 e. The molecular weight excluding hydrogens is 308 g/mol. The number of nitrogen functional groups attached to an aromatic ring is 1. The normalized spacial score (nSPS) is 10.9. The first kappa shape index (κ1) is 16.2. The van der Waals surface area contributed by atoms with Crippen LogP contribution < -0.4 is 15.9 Å². The molecule has 7 heteroatoms. The van der Waals surface area contributed by atoms with E-state index < -0.39 is 12.7 Å². The van der Waals surface area contributed by atoms with E-state index in [4.69, 9.17) is 10.5 Å². The first-order chi connectivity index (χ1) is 11.4. The summed E-state index contributed by atoms with van der Waals surface area (Å²) in [5.74, 6) is -0.0421. The Balaban J connectivity index is 2.29. The lowest BCUT2D eigenvalue weighted by atomic mass is 9.64. The van der Waals surface area contributed by atoms with Gasteiger partial charge in [-0.25, -0.2) is 4.39 Å². The largest absolute Gasteiger partial charge is 0.493 e. The lowest BCUT2D eigenvalue weighted by Gasteiger charge is -2.14. The Bertz CT molecular complexity index is 931. The van der Waals surface area contributed by atoms with Gasteiger partial charge in [-0.3, -0.25) is 0 Å². The van der Waals surface area contributed by atoms with Crippen LogP contribution in [0.4, 0.5) is 10.2 Å². The van der Waals surface area contributed by atoms with E-state index in [1.807, 2.05) is 25.1 Å². The Kier molecular flexibility index (Phi) is 4.11. The summed E-state index contributed by atoms with van der Waals surface area (Å²) in [4.78, 5) is 0. The number of ether oxygens (including phenoxy) is 1. The molecule has 5 nitrogen and oxygen atoms in total. The van der Waals surface area contributed by atoms with Crippen LogP contribution in [0.5, 0.6) is 5.75 Å². The molecule has 0 saturated heterocycles. The van der Waals surface area contributed by atoms with Crippen LogP contribution in [-0.4, -0.2) is 29.2 Å². The van der Waals surface area contributed by atoms with Crippen molar-refractivity contribution < 1.29 is 14.2 Å². The summed E-state index contributed by atoms with van der Waals surface area (Å²) in [6.07, 6.45) is 0. The number of anilines is 1. The smallest absolute Gasteiger partial charge is 0.320 e. The van der Waals surface area contributed by atoms with Gasteiger partial charge < -0.3 is 15.5 Å². The van der Waals surface area contributed by atoms with Gasteiger partial charge in [-0.15, -0.1) is 5.10 Å². The lowest BCUT2D eigenvalue weighted by molar-refractivity contribution is 0.388. The first-order valence-corrected chi connectivity index (χ1v) is 7.50. The van der Waals surface area contributed by atoms with Gasteiger partial charge >= 0.3 is 6.92 Å². The van der Waals surface area contributed by atoms with Crippen LogP contribution in [0.15, 0.2) is 30.3 Å². The van der Waals surface area contributed by atoms with Gasteiger partial charge in [0.1, 0.15) is 0 Å². The highest BCUT2D eigenvalue weighted by Gasteiger charge is 2.18. The Morgan fingerprint density at radius 2 is 1.92 bits per heavy atom. The third kappa shape index (κ3) is 2.67. The maximum absolute atomic E-state index is 14.3. The van der Waals surface area contributed by atoms with Crippen molar-refractivity contribution in [3.05, 3.63) is 41.8 Å². The minimum Gasteiger partial charge on any atom is -0.493 e. The summed E-state index contributed by atoms with van der Waals surface area (Å²) in [6, 6.07) is 8.53. The van der Waals surface area contributed by atoms with Gasteiger partial charge in [-0.05, 0) is 36.1 Å². The van der Waals surface area contributed by atoms with Crippen LogP contribution in [0.1, 0.15) is 5.69 Å². The predicted octanol–water partition coefficient (Wildman–Crippen LogP) is 2.16. The van der Waals surface area contributed by atoms with E-state index in [-0.39, 0.29) is 5.75 Å². The molecule has 0 aliphatic carbocycles. The highest BCUT2D eigenvalue weighted by molar-refractivity contribution is 6.64. The standard InChI is InChI=1S/C17H17BFN3O2/c1-9-13-6-10(4-5-12(13)17(20)22-21-9)14-7-11(18(2)23)8-15(19)16(14)24-3/h4-8,23H,1-3H3,(H2,20,22). The van der Waals surface area contributed by atoms with Crippen molar-refractivity contribution in [2.45, 2.75) is 13.7 Å². The SMILES string of the molecule is COc1c(F)cc(B(C)O)cc1-c1ccc2c(N)nnc(C)c2c1. The van der Waals surface area contributed by atoms with Crippen LogP contribution in [0, 0.1) is 12.7 Å². The molecule has 24 heavy (non-hydrogen) atoms. The van der Waals surface area contributed by atoms with E-state index in [1.54, 1.807) is 12.9 Å². The number of aromatic nitrogens is 2. The number of methoxy groups -OCH3 is 1. The summed E-state index contributed by atoms with van der Waals surface area (Å²) in [6.45, 7) is 2.64. The zero-order valence-corrected chi connectivity index (χ0v) is 13.7. The third-order valence-electron chi connectivity index (χ3n) is 4.06. The minimum absolute atomic E-state index is 0.131. The maximum atomic E-state index is 14.3. The second-order valence-corrected chi connectivity index (χ2v) is 5.69. The Morgan fingerprint density at radius 3 is 2.58 bits per heavy atom. The molecule has 0 fully saturated rings. The minimum atomic E-state index is -0.784. The highest BCUT2D eigenvalue weighted by atomic mass is 19.1. The molecule has 0 saturated carbocycles. The van der Waals surface area contributed by atoms with E-state index in [0.717, 1.165) is 22.0 Å². The highest BCUT2D eigenvalue weighted by Crippen LogP contribution is 2.34. The van der Waals surface area contributed by atoms with Crippen LogP contribution >= 0.6 is 0 Å². The molecule has 0 bridgehead atoms. The average molecular weight is 325 g/mol. The molecule has 122 valence electrons. The number of aryl methyl sites for hydroxylation is 1. The van der Waals surface area contributed by atoms with E-state index in [2.05, 4.69) is 10.2 Å². The number of fused-ring (bicyclic) bond motifs is 1. The number of nitrogens with two attached hydrogens (primary N) is 1. The number of benzene rings is 2. The second kappa shape index (κ2) is 6.09. The van der Waals surface area contributed by atoms with E-state index in [1.165, 1.54) is 13.2 Å². The summed E-state index contributed by atoms with van der Waals surface area (Å²) < 4.78 is 19.6. The van der Waals surface area contributed by atoms with Crippen LogP contribution in [0.2, 0.25) is 6.82 Å². The molecule has 0 radical (unpaired) electrons. The molecular formula is C17H17BFN3O2. The fraction of sp³-hybridized carbons (Fsp3) is 0.176. The van der Waals surface area contributed by atoms with Gasteiger partial charge in [0.25, 0.3) is 0 Å². The molecule has 1 heterocycles. The lowest BCUT2D eigenvalue weighted by Crippen LogP contribution is -2.26. The van der Waals surface area contributed by atoms with Crippen molar-refractivity contribution in [3.8, 4) is 16.9 Å². The molecule has 0 amide bonds. The summed E-state index contributed by atoms with van der Waals surface area (Å²) >= 11 is 0. The van der Waals surface area contributed by atoms with Gasteiger partial charge in [0.2, 0.25) is 0 Å². The number of nitrogens with zero attached hydrogens (tertiary/aromatic N) is 2. The molecule has 0 aliphatic rings. The zero-order valence-electron chi connectivity index (χ0n) is 13.7. The first-order valence-electron chi connectivity index (χ1n) is 7.50. The Morgan fingerprint density at radius 1 is 1.17 bits per heavy atom. The Labute approximate surface area is 139 Å². The predicted molar refractivity (Wildman–Crippen MR) is 94.1 cm³/mol. The quantitative estimate of drug-likeness (QED) is 0.721. The van der Waals surface area contributed by atoms with Crippen molar-refractivity contribution in [1.82, 2.24) is 10.2 Å². The number of hydrogen-bond acceptors (Lipinski definition) is 5. The second-order valence-electron chi connectivity index (χ2n) is 5.69. The topological polar surface area (TPSA) is 81.3 Å². The number of halogens is 1. The summed E-state index contributed by atoms with van der Waals surface area (Å²) in [7, 11) is 1.42. The molecule has 0 spiro atoms. The van der Waals surface area contributed by atoms with Gasteiger partial charge in [0.05, 0.1) is 12.8 Å². The van der Waals surface area contributed by atoms with Crippen molar-refractivity contribution in [3.63, 3.8) is 0 Å². The van der Waals surface area contributed by atoms with Gasteiger partial charge in [-0.2, -0.15) is 5.10 Å². The molecule has 3 aromatic rings. The average Bonchev–Trinajstić information content (AvgIpc) is 2.57. The van der Waals surface area contributed by atoms with Crippen molar-refractivity contribution in [2.24, 2.45) is 0 Å². The van der Waals surface area contributed by atoms with Gasteiger partial charge in [0.15, 0.2) is 17.4 Å². The van der Waals surface area contributed by atoms with Crippen molar-refractivity contribution in [2.75, 3.05) is 12.8 Å². The number of rotatable bonds is 3. The molecule has 0 atom stereocenters. The fourth-order valence-corrected chi connectivity index (χ4v) is 2.75. The molecule has 0 aliphatic heterocycles. The van der Waals surface area contributed by atoms with E-state index in [9.17, 15) is 9.41 Å². The molecule has 3 N–H and O–H groups in total. The van der Waals surface area contributed by atoms with Crippen molar-refractivity contribution in [1.29, 1.82) is 0 Å². The summed E-state index contributed by atoms with van der Waals surface area (Å²) in [5, 5.41) is 19.4. The Hall–Kier alpha value is -2.67. The van der Waals surface area contributed by atoms with E-state index >= 15 is 0 Å². The van der Waals surface area contributed by atoms with Crippen LogP contribution in [-0.2, 0) is 0 Å². The monoisotopic (exact) mass is 325 g/mol. The summed E-state index contributed by atoms with van der Waals surface area (Å²) in [5.41, 5.74) is 8.38. The number of hydrogen-bond donors (Lipinski definition) is 2. The third-order valence-corrected chi connectivity index (χ3v) is 4.06. The van der Waals surface area contributed by atoms with Gasteiger partial charge in [-0.1, -0.05) is 19.0 Å². The molecule has 1 aromatic heterocycles. The van der Waals surface area contributed by atoms with Gasteiger partial charge in [0, 0.05) is 16.3 Å². The molecule has 2 aromatic carbocycles.